The van der Waals surface area contributed by atoms with E-state index in [0.29, 0.717) is 0 Å². The normalized spacial score (nSPS) is 27.0. The zero-order valence-electron chi connectivity index (χ0n) is 9.69. The van der Waals surface area contributed by atoms with Crippen molar-refractivity contribution in [3.05, 3.63) is 33.8 Å². The van der Waals surface area contributed by atoms with Crippen molar-refractivity contribution < 1.29 is 4.39 Å². The molecule has 88 valence electrons. The number of hydrogen-bond donors (Lipinski definition) is 1. The van der Waals surface area contributed by atoms with Gasteiger partial charge in [0.1, 0.15) is 6.17 Å². The lowest BCUT2D eigenvalue weighted by atomic mass is 9.90. The second-order valence-electron chi connectivity index (χ2n) is 4.71. The molecule has 2 rings (SSSR count). The zero-order chi connectivity index (χ0) is 11.8. The molecule has 1 aromatic carbocycles. The zero-order valence-corrected chi connectivity index (χ0v) is 11.3. The highest BCUT2D eigenvalue weighted by molar-refractivity contribution is 9.10. The van der Waals surface area contributed by atoms with Crippen molar-refractivity contribution in [2.24, 2.45) is 0 Å². The lowest BCUT2D eigenvalue weighted by Crippen LogP contribution is -2.33. The molecule has 1 nitrogen and oxygen atoms in total. The molecule has 1 aliphatic rings. The number of nitrogens with one attached hydrogen (secondary N) is 1. The van der Waals surface area contributed by atoms with Gasteiger partial charge in [0.2, 0.25) is 0 Å². The average molecular weight is 286 g/mol. The molecule has 3 heteroatoms. The van der Waals surface area contributed by atoms with Crippen molar-refractivity contribution in [3.8, 4) is 0 Å². The molecule has 0 spiro atoms. The van der Waals surface area contributed by atoms with Crippen LogP contribution in [0.3, 0.4) is 0 Å². The molecule has 0 bridgehead atoms. The first-order valence-electron chi connectivity index (χ1n) is 5.72. The van der Waals surface area contributed by atoms with Gasteiger partial charge in [-0.1, -0.05) is 28.1 Å². The van der Waals surface area contributed by atoms with Crippen LogP contribution in [0.4, 0.5) is 4.39 Å². The Labute approximate surface area is 105 Å². The Morgan fingerprint density at radius 1 is 1.50 bits per heavy atom. The van der Waals surface area contributed by atoms with Gasteiger partial charge < -0.3 is 5.32 Å². The van der Waals surface area contributed by atoms with Crippen LogP contribution >= 0.6 is 15.9 Å². The second-order valence-corrected chi connectivity index (χ2v) is 5.57. The maximum absolute atomic E-state index is 13.3. The van der Waals surface area contributed by atoms with Crippen LogP contribution in [0.15, 0.2) is 22.7 Å². The summed E-state index contributed by atoms with van der Waals surface area (Å²) in [4.78, 5) is 0. The van der Waals surface area contributed by atoms with Gasteiger partial charge in [-0.25, -0.2) is 4.39 Å². The lowest BCUT2D eigenvalue weighted by molar-refractivity contribution is 0.372. The molecule has 0 saturated carbocycles. The fourth-order valence-corrected chi connectivity index (χ4v) is 3.03. The summed E-state index contributed by atoms with van der Waals surface area (Å²) in [6.45, 7) is 4.84. The third-order valence-corrected chi connectivity index (χ3v) is 4.12. The predicted octanol–water partition coefficient (Wildman–Crippen LogP) is 4.08. The Hall–Kier alpha value is -0.410. The molecule has 0 radical (unpaired) electrons. The molecule has 0 aliphatic carbocycles. The summed E-state index contributed by atoms with van der Waals surface area (Å²) < 4.78 is 14.1. The molecular weight excluding hydrogens is 269 g/mol. The van der Waals surface area contributed by atoms with Crippen LogP contribution in [0.25, 0.3) is 0 Å². The Balaban J connectivity index is 2.34. The smallest absolute Gasteiger partial charge is 0.123 e. The molecular formula is C13H17BrFN. The first-order valence-corrected chi connectivity index (χ1v) is 6.51. The van der Waals surface area contributed by atoms with Crippen molar-refractivity contribution in [3.63, 3.8) is 0 Å². The fourth-order valence-electron chi connectivity index (χ4n) is 2.33. The monoisotopic (exact) mass is 285 g/mol. The average Bonchev–Trinajstić information content (AvgIpc) is 2.66. The first kappa shape index (κ1) is 12.1. The lowest BCUT2D eigenvalue weighted by Gasteiger charge is -2.25. The van der Waals surface area contributed by atoms with Crippen molar-refractivity contribution in [2.75, 3.05) is 6.54 Å². The maximum Gasteiger partial charge on any atom is 0.123 e. The highest BCUT2D eigenvalue weighted by atomic mass is 79.9. The highest BCUT2D eigenvalue weighted by Crippen LogP contribution is 2.34. The molecule has 1 fully saturated rings. The molecule has 2 unspecified atom stereocenters. The third kappa shape index (κ3) is 2.16. The Morgan fingerprint density at radius 2 is 2.25 bits per heavy atom. The summed E-state index contributed by atoms with van der Waals surface area (Å²) in [5.41, 5.74) is 2.02. The van der Waals surface area contributed by atoms with Crippen LogP contribution in [0.2, 0.25) is 0 Å². The van der Waals surface area contributed by atoms with Crippen molar-refractivity contribution in [1.29, 1.82) is 0 Å². The van der Waals surface area contributed by atoms with E-state index in [4.69, 9.17) is 0 Å². The van der Waals surface area contributed by atoms with E-state index >= 15 is 0 Å². The van der Waals surface area contributed by atoms with Gasteiger partial charge in [0.15, 0.2) is 0 Å². The largest absolute Gasteiger partial charge is 0.308 e. The molecule has 1 aromatic rings. The van der Waals surface area contributed by atoms with Crippen molar-refractivity contribution in [2.45, 2.75) is 38.4 Å². The quantitative estimate of drug-likeness (QED) is 0.864. The number of hydrogen-bond acceptors (Lipinski definition) is 1. The SMILES string of the molecule is CC(F)c1ccc(C2(C)CCCN2)cc1Br. The molecule has 2 atom stereocenters. The highest BCUT2D eigenvalue weighted by Gasteiger charge is 2.30. The van der Waals surface area contributed by atoms with Gasteiger partial charge in [0.05, 0.1) is 0 Å². The molecule has 0 aromatic heterocycles. The molecule has 1 aliphatic heterocycles. The molecule has 1 saturated heterocycles. The summed E-state index contributed by atoms with van der Waals surface area (Å²) in [6.07, 6.45) is 1.42. The maximum atomic E-state index is 13.3. The minimum Gasteiger partial charge on any atom is -0.308 e. The van der Waals surface area contributed by atoms with Crippen LogP contribution in [-0.4, -0.2) is 6.54 Å². The van der Waals surface area contributed by atoms with Crippen molar-refractivity contribution in [1.82, 2.24) is 5.32 Å². The predicted molar refractivity (Wildman–Crippen MR) is 68.3 cm³/mol. The first-order chi connectivity index (χ1) is 7.53. The Morgan fingerprint density at radius 3 is 2.75 bits per heavy atom. The molecule has 0 amide bonds. The number of halogens is 2. The van der Waals surface area contributed by atoms with Gasteiger partial charge >= 0.3 is 0 Å². The van der Waals surface area contributed by atoms with E-state index in [1.54, 1.807) is 6.92 Å². The summed E-state index contributed by atoms with van der Waals surface area (Å²) >= 11 is 3.45. The van der Waals surface area contributed by atoms with Gasteiger partial charge in [-0.05, 0) is 50.4 Å². The third-order valence-electron chi connectivity index (χ3n) is 3.43. The van der Waals surface area contributed by atoms with E-state index in [2.05, 4.69) is 28.2 Å². The van der Waals surface area contributed by atoms with Gasteiger partial charge in [-0.2, -0.15) is 0 Å². The minimum atomic E-state index is -0.923. The molecule has 1 heterocycles. The van der Waals surface area contributed by atoms with Crippen LogP contribution in [-0.2, 0) is 5.54 Å². The van der Waals surface area contributed by atoms with E-state index in [1.165, 1.54) is 12.0 Å². The van der Waals surface area contributed by atoms with Crippen LogP contribution < -0.4 is 5.32 Å². The summed E-state index contributed by atoms with van der Waals surface area (Å²) in [6, 6.07) is 5.97. The van der Waals surface area contributed by atoms with Gasteiger partial charge in [-0.15, -0.1) is 0 Å². The van der Waals surface area contributed by atoms with E-state index < -0.39 is 6.17 Å². The molecule has 16 heavy (non-hydrogen) atoms. The van der Waals surface area contributed by atoms with Crippen molar-refractivity contribution >= 4 is 15.9 Å². The summed E-state index contributed by atoms with van der Waals surface area (Å²) in [5, 5.41) is 3.51. The fraction of sp³-hybridized carbons (Fsp3) is 0.538. The number of benzene rings is 1. The van der Waals surface area contributed by atoms with E-state index in [0.717, 1.165) is 23.0 Å². The van der Waals surface area contributed by atoms with Gasteiger partial charge in [0.25, 0.3) is 0 Å². The van der Waals surface area contributed by atoms with Crippen LogP contribution in [0.1, 0.15) is 44.0 Å². The summed E-state index contributed by atoms with van der Waals surface area (Å²) in [5.74, 6) is 0. The topological polar surface area (TPSA) is 12.0 Å². The van der Waals surface area contributed by atoms with Crippen LogP contribution in [0.5, 0.6) is 0 Å². The summed E-state index contributed by atoms with van der Waals surface area (Å²) in [7, 11) is 0. The minimum absolute atomic E-state index is 0.0562. The standard InChI is InChI=1S/C13H17BrFN/c1-9(15)11-5-4-10(8-12(11)14)13(2)6-3-7-16-13/h4-5,8-9,16H,3,6-7H2,1-2H3. The van der Waals surface area contributed by atoms with E-state index in [9.17, 15) is 4.39 Å². The van der Waals surface area contributed by atoms with Gasteiger partial charge in [-0.3, -0.25) is 0 Å². The van der Waals surface area contributed by atoms with Crippen LogP contribution in [0, 0.1) is 0 Å². The van der Waals surface area contributed by atoms with Gasteiger partial charge in [0, 0.05) is 10.0 Å². The second kappa shape index (κ2) is 4.46. The Bertz CT molecular complexity index is 384. The van der Waals surface area contributed by atoms with E-state index in [-0.39, 0.29) is 5.54 Å². The van der Waals surface area contributed by atoms with E-state index in [1.807, 2.05) is 18.2 Å². The number of alkyl halides is 1. The molecule has 1 N–H and O–H groups in total. The Kier molecular flexibility index (Phi) is 3.36. The number of rotatable bonds is 2.